The van der Waals surface area contributed by atoms with Crippen molar-refractivity contribution in [3.63, 3.8) is 0 Å². The number of nitrogens with one attached hydrogen (secondary N) is 1. The Balaban J connectivity index is 2.03. The number of ether oxygens (including phenoxy) is 1. The molecule has 0 radical (unpaired) electrons. The maximum atomic E-state index is 13.0. The van der Waals surface area contributed by atoms with Crippen molar-refractivity contribution in [1.82, 2.24) is 9.55 Å². The van der Waals surface area contributed by atoms with Crippen molar-refractivity contribution in [2.24, 2.45) is 5.10 Å². The molecule has 0 aliphatic heterocycles. The number of aryl methyl sites for hydroxylation is 1. The third kappa shape index (κ3) is 4.63. The lowest BCUT2D eigenvalue weighted by Crippen LogP contribution is -2.25. The van der Waals surface area contributed by atoms with E-state index in [1.165, 1.54) is 0 Å². The summed E-state index contributed by atoms with van der Waals surface area (Å²) in [6.07, 6.45) is 1.28. The van der Waals surface area contributed by atoms with Crippen LogP contribution < -0.4 is 11.0 Å². The number of hydrogen-bond acceptors (Lipinski definition) is 6. The minimum Gasteiger partial charge on any atom is -0.507 e. The van der Waals surface area contributed by atoms with Crippen LogP contribution in [0.4, 0.5) is 5.95 Å². The first-order chi connectivity index (χ1) is 14.0. The van der Waals surface area contributed by atoms with Crippen LogP contribution in [0.5, 0.6) is 5.75 Å². The molecule has 152 valence electrons. The van der Waals surface area contributed by atoms with Crippen LogP contribution in [0.1, 0.15) is 30.9 Å². The minimum absolute atomic E-state index is 0.124. The van der Waals surface area contributed by atoms with Crippen LogP contribution in [0.25, 0.3) is 10.9 Å². The van der Waals surface area contributed by atoms with Crippen molar-refractivity contribution >= 4 is 22.6 Å². The molecule has 0 fully saturated rings. The van der Waals surface area contributed by atoms with E-state index in [4.69, 9.17) is 4.74 Å². The van der Waals surface area contributed by atoms with E-state index in [2.05, 4.69) is 15.5 Å². The maximum Gasteiger partial charge on any atom is 0.262 e. The number of aromatic nitrogens is 2. The van der Waals surface area contributed by atoms with E-state index in [-0.39, 0.29) is 11.3 Å². The summed E-state index contributed by atoms with van der Waals surface area (Å²) in [6, 6.07) is 12.6. The highest BCUT2D eigenvalue weighted by Gasteiger charge is 2.12. The van der Waals surface area contributed by atoms with Gasteiger partial charge in [-0.25, -0.2) is 10.4 Å². The molecule has 2 aromatic carbocycles. The molecule has 2 N–H and O–H groups in total. The molecule has 0 saturated heterocycles. The summed E-state index contributed by atoms with van der Waals surface area (Å²) < 4.78 is 6.69. The lowest BCUT2D eigenvalue weighted by atomic mass is 10.0. The van der Waals surface area contributed by atoms with Crippen LogP contribution in [0, 0.1) is 6.92 Å². The van der Waals surface area contributed by atoms with E-state index in [1.54, 1.807) is 29.9 Å². The SMILES string of the molecule is CC/C(=N\Nc1nc2ccccc2c(=O)n1CCCOC)c1cc(C)ccc1O. The number of hydrogen-bond donors (Lipinski definition) is 2. The summed E-state index contributed by atoms with van der Waals surface area (Å²) in [4.78, 5) is 17.6. The fraction of sp³-hybridized carbons (Fsp3) is 0.318. The standard InChI is InChI=1S/C22H26N4O3/c1-4-18(17-14-15(2)10-11-20(17)27)24-25-22-23-19-9-6-5-8-16(19)21(28)26(22)12-7-13-29-3/h5-6,8-11,14,27H,4,7,12-13H2,1-3H3,(H,23,25)/b24-18+. The Hall–Kier alpha value is -3.19. The summed E-state index contributed by atoms with van der Waals surface area (Å²) in [5.41, 5.74) is 5.81. The number of hydrazone groups is 1. The minimum atomic E-state index is -0.124. The number of fused-ring (bicyclic) bond motifs is 1. The molecule has 0 aliphatic carbocycles. The first kappa shape index (κ1) is 20.5. The normalized spacial score (nSPS) is 11.8. The molecule has 0 saturated carbocycles. The molecule has 0 bridgehead atoms. The van der Waals surface area contributed by atoms with Crippen molar-refractivity contribution in [1.29, 1.82) is 0 Å². The number of aromatic hydroxyl groups is 1. The van der Waals surface area contributed by atoms with Crippen LogP contribution in [0.15, 0.2) is 52.4 Å². The summed E-state index contributed by atoms with van der Waals surface area (Å²) in [6.45, 7) is 4.92. The molecule has 0 amide bonds. The Kier molecular flexibility index (Phi) is 6.61. The topological polar surface area (TPSA) is 88.7 Å². The van der Waals surface area contributed by atoms with E-state index in [0.29, 0.717) is 54.1 Å². The Labute approximate surface area is 169 Å². The first-order valence-electron chi connectivity index (χ1n) is 9.66. The van der Waals surface area contributed by atoms with Gasteiger partial charge in [0.25, 0.3) is 5.56 Å². The molecule has 7 nitrogen and oxygen atoms in total. The van der Waals surface area contributed by atoms with Crippen LogP contribution in [-0.4, -0.2) is 34.1 Å². The Morgan fingerprint density at radius 3 is 2.83 bits per heavy atom. The van der Waals surface area contributed by atoms with E-state index < -0.39 is 0 Å². The van der Waals surface area contributed by atoms with Gasteiger partial charge in [0.15, 0.2) is 0 Å². The number of nitrogens with zero attached hydrogens (tertiary/aromatic N) is 3. The van der Waals surface area contributed by atoms with Crippen LogP contribution in [0.2, 0.25) is 0 Å². The molecule has 0 atom stereocenters. The fourth-order valence-electron chi connectivity index (χ4n) is 3.16. The van der Waals surface area contributed by atoms with Gasteiger partial charge in [0, 0.05) is 25.8 Å². The van der Waals surface area contributed by atoms with E-state index in [9.17, 15) is 9.90 Å². The average molecular weight is 394 g/mol. The Morgan fingerprint density at radius 2 is 2.07 bits per heavy atom. The van der Waals surface area contributed by atoms with Crippen molar-refractivity contribution in [2.75, 3.05) is 19.1 Å². The molecule has 0 unspecified atom stereocenters. The molecular weight excluding hydrogens is 368 g/mol. The third-order valence-corrected chi connectivity index (χ3v) is 4.68. The summed E-state index contributed by atoms with van der Waals surface area (Å²) >= 11 is 0. The van der Waals surface area contributed by atoms with Gasteiger partial charge in [-0.1, -0.05) is 30.7 Å². The Bertz CT molecular complexity index is 1090. The lowest BCUT2D eigenvalue weighted by Gasteiger charge is -2.14. The van der Waals surface area contributed by atoms with Crippen molar-refractivity contribution in [2.45, 2.75) is 33.2 Å². The monoisotopic (exact) mass is 394 g/mol. The molecule has 0 spiro atoms. The van der Waals surface area contributed by atoms with Gasteiger partial charge >= 0.3 is 0 Å². The largest absolute Gasteiger partial charge is 0.507 e. The quantitative estimate of drug-likeness (QED) is 0.346. The van der Waals surface area contributed by atoms with Gasteiger partial charge in [0.1, 0.15) is 5.75 Å². The molecule has 7 heteroatoms. The van der Waals surface area contributed by atoms with E-state index in [0.717, 1.165) is 5.56 Å². The van der Waals surface area contributed by atoms with Gasteiger partial charge in [-0.05, 0) is 44.0 Å². The van der Waals surface area contributed by atoms with Gasteiger partial charge in [-0.15, -0.1) is 0 Å². The van der Waals surface area contributed by atoms with E-state index in [1.807, 2.05) is 38.1 Å². The highest BCUT2D eigenvalue weighted by molar-refractivity contribution is 6.03. The maximum absolute atomic E-state index is 13.0. The molecule has 1 heterocycles. The number of methoxy groups -OCH3 is 1. The second-order valence-corrected chi connectivity index (χ2v) is 6.80. The number of phenolic OH excluding ortho intramolecular Hbond substituents is 1. The molecule has 3 rings (SSSR count). The number of phenols is 1. The van der Waals surface area contributed by atoms with Gasteiger partial charge in [0.2, 0.25) is 5.95 Å². The molecule has 1 aromatic heterocycles. The summed E-state index contributed by atoms with van der Waals surface area (Å²) in [5.74, 6) is 0.532. The zero-order valence-corrected chi connectivity index (χ0v) is 17.0. The zero-order chi connectivity index (χ0) is 20.8. The number of benzene rings is 2. The van der Waals surface area contributed by atoms with E-state index >= 15 is 0 Å². The summed E-state index contributed by atoms with van der Waals surface area (Å²) in [5, 5.41) is 15.3. The zero-order valence-electron chi connectivity index (χ0n) is 17.0. The number of rotatable bonds is 8. The summed E-state index contributed by atoms with van der Waals surface area (Å²) in [7, 11) is 1.63. The van der Waals surface area contributed by atoms with Crippen molar-refractivity contribution in [3.8, 4) is 5.75 Å². The predicted octanol–water partition coefficient (Wildman–Crippen LogP) is 3.67. The highest BCUT2D eigenvalue weighted by atomic mass is 16.5. The molecule has 3 aromatic rings. The van der Waals surface area contributed by atoms with Crippen molar-refractivity contribution in [3.05, 3.63) is 63.9 Å². The van der Waals surface area contributed by atoms with Gasteiger partial charge < -0.3 is 9.84 Å². The van der Waals surface area contributed by atoms with Crippen LogP contribution >= 0.6 is 0 Å². The molecule has 0 aliphatic rings. The second kappa shape index (κ2) is 9.34. The van der Waals surface area contributed by atoms with Crippen LogP contribution in [0.3, 0.4) is 0 Å². The fourth-order valence-corrected chi connectivity index (χ4v) is 3.16. The number of anilines is 1. The van der Waals surface area contributed by atoms with Gasteiger partial charge in [-0.3, -0.25) is 9.36 Å². The Morgan fingerprint density at radius 1 is 1.28 bits per heavy atom. The lowest BCUT2D eigenvalue weighted by molar-refractivity contribution is 0.190. The van der Waals surface area contributed by atoms with Gasteiger partial charge in [-0.2, -0.15) is 5.10 Å². The predicted molar refractivity (Wildman–Crippen MR) is 116 cm³/mol. The smallest absolute Gasteiger partial charge is 0.262 e. The highest BCUT2D eigenvalue weighted by Crippen LogP contribution is 2.21. The van der Waals surface area contributed by atoms with Gasteiger partial charge in [0.05, 0.1) is 16.6 Å². The van der Waals surface area contributed by atoms with Crippen LogP contribution in [-0.2, 0) is 11.3 Å². The molecule has 29 heavy (non-hydrogen) atoms. The average Bonchev–Trinajstić information content (AvgIpc) is 2.73. The first-order valence-corrected chi connectivity index (χ1v) is 9.66. The van der Waals surface area contributed by atoms with Crippen molar-refractivity contribution < 1.29 is 9.84 Å². The number of para-hydroxylation sites is 1. The molecular formula is C22H26N4O3. The third-order valence-electron chi connectivity index (χ3n) is 4.68. The second-order valence-electron chi connectivity index (χ2n) is 6.80.